The lowest BCUT2D eigenvalue weighted by molar-refractivity contribution is -0.138. The monoisotopic (exact) mass is 312 g/mol. The number of nitrogens with zero attached hydrogens (tertiary/aromatic N) is 3. The first-order valence-corrected chi connectivity index (χ1v) is 7.69. The van der Waals surface area contributed by atoms with Gasteiger partial charge in [-0.25, -0.2) is 9.78 Å². The van der Waals surface area contributed by atoms with Gasteiger partial charge < -0.3 is 15.3 Å². The summed E-state index contributed by atoms with van der Waals surface area (Å²) >= 11 is 1.57. The Kier molecular flexibility index (Phi) is 5.13. The molecular weight excluding hydrogens is 292 g/mol. The van der Waals surface area contributed by atoms with Crippen LogP contribution in [0.3, 0.4) is 0 Å². The smallest absolute Gasteiger partial charge is 0.318 e. The number of carbonyl (C=O) groups is 2. The predicted molar refractivity (Wildman–Crippen MR) is 79.4 cm³/mol. The summed E-state index contributed by atoms with van der Waals surface area (Å²) in [5.74, 6) is -0.833. The third kappa shape index (κ3) is 4.40. The molecule has 2 heterocycles. The number of piperazine rings is 1. The molecule has 1 aliphatic heterocycles. The number of urea groups is 1. The lowest BCUT2D eigenvalue weighted by atomic mass is 10.3. The van der Waals surface area contributed by atoms with Gasteiger partial charge in [0, 0.05) is 37.3 Å². The van der Waals surface area contributed by atoms with Crippen LogP contribution in [0.4, 0.5) is 4.79 Å². The summed E-state index contributed by atoms with van der Waals surface area (Å²) in [5, 5.41) is 12.6. The maximum atomic E-state index is 12.2. The van der Waals surface area contributed by atoms with Crippen LogP contribution in [-0.4, -0.2) is 64.6 Å². The standard InChI is InChI=1S/C13H20N4O3S/c1-9-7-14-12(21-9)10(2)15-13(20)17-5-3-16(4-6-17)8-11(18)19/h7,10H,3-6,8H2,1-2H3,(H,15,20)(H,18,19). The van der Waals surface area contributed by atoms with Crippen molar-refractivity contribution in [2.24, 2.45) is 0 Å². The molecule has 1 aliphatic rings. The zero-order valence-corrected chi connectivity index (χ0v) is 13.0. The van der Waals surface area contributed by atoms with E-state index in [1.54, 1.807) is 22.4 Å². The van der Waals surface area contributed by atoms with Gasteiger partial charge in [0.15, 0.2) is 0 Å². The van der Waals surface area contributed by atoms with Gasteiger partial charge in [-0.3, -0.25) is 9.69 Å². The van der Waals surface area contributed by atoms with E-state index in [1.807, 2.05) is 18.7 Å². The molecule has 0 saturated carbocycles. The number of aryl methyl sites for hydroxylation is 1. The molecule has 1 fully saturated rings. The van der Waals surface area contributed by atoms with E-state index in [0.29, 0.717) is 26.2 Å². The van der Waals surface area contributed by atoms with Gasteiger partial charge in [-0.2, -0.15) is 0 Å². The Balaban J connectivity index is 1.80. The summed E-state index contributed by atoms with van der Waals surface area (Å²) in [7, 11) is 0. The number of hydrogen-bond donors (Lipinski definition) is 2. The van der Waals surface area contributed by atoms with Crippen LogP contribution in [0.2, 0.25) is 0 Å². The summed E-state index contributed by atoms with van der Waals surface area (Å²) in [6, 6.07) is -0.237. The second kappa shape index (κ2) is 6.86. The first-order chi connectivity index (χ1) is 9.95. The Morgan fingerprint density at radius 1 is 1.43 bits per heavy atom. The number of carboxylic acid groups (broad SMARTS) is 1. The normalized spacial score (nSPS) is 17.5. The predicted octanol–water partition coefficient (Wildman–Crippen LogP) is 0.924. The molecule has 2 rings (SSSR count). The van der Waals surface area contributed by atoms with Crippen LogP contribution in [0.15, 0.2) is 6.20 Å². The fourth-order valence-corrected chi connectivity index (χ4v) is 2.99. The second-order valence-electron chi connectivity index (χ2n) is 5.14. The highest BCUT2D eigenvalue weighted by molar-refractivity contribution is 7.11. The Morgan fingerprint density at radius 2 is 2.10 bits per heavy atom. The SMILES string of the molecule is Cc1cnc(C(C)NC(=O)N2CCN(CC(=O)O)CC2)s1. The van der Waals surface area contributed by atoms with Crippen molar-refractivity contribution in [1.82, 2.24) is 20.1 Å². The number of carboxylic acids is 1. The van der Waals surface area contributed by atoms with E-state index in [2.05, 4.69) is 10.3 Å². The molecule has 1 aromatic rings. The average Bonchev–Trinajstić information content (AvgIpc) is 2.85. The summed E-state index contributed by atoms with van der Waals surface area (Å²) in [6.07, 6.45) is 1.80. The number of amides is 2. The molecule has 0 aliphatic carbocycles. The van der Waals surface area contributed by atoms with Crippen molar-refractivity contribution in [3.63, 3.8) is 0 Å². The third-order valence-electron chi connectivity index (χ3n) is 3.37. The highest BCUT2D eigenvalue weighted by Crippen LogP contribution is 2.19. The van der Waals surface area contributed by atoms with Crippen LogP contribution < -0.4 is 5.32 Å². The minimum Gasteiger partial charge on any atom is -0.480 e. The largest absolute Gasteiger partial charge is 0.480 e. The lowest BCUT2D eigenvalue weighted by Gasteiger charge is -2.34. The zero-order chi connectivity index (χ0) is 15.4. The molecular formula is C13H20N4O3S. The Bertz CT molecular complexity index is 511. The van der Waals surface area contributed by atoms with Gasteiger partial charge in [0.2, 0.25) is 0 Å². The van der Waals surface area contributed by atoms with E-state index >= 15 is 0 Å². The topological polar surface area (TPSA) is 85.8 Å². The number of aromatic nitrogens is 1. The summed E-state index contributed by atoms with van der Waals surface area (Å²) in [6.45, 7) is 6.19. The van der Waals surface area contributed by atoms with E-state index in [0.717, 1.165) is 9.88 Å². The minimum absolute atomic E-state index is 0.0320. The van der Waals surface area contributed by atoms with Crippen LogP contribution in [0.25, 0.3) is 0 Å². The number of thiazole rings is 1. The number of carbonyl (C=O) groups excluding carboxylic acids is 1. The van der Waals surface area contributed by atoms with Gasteiger partial charge in [-0.05, 0) is 13.8 Å². The first-order valence-electron chi connectivity index (χ1n) is 6.87. The Labute approximate surface area is 127 Å². The first kappa shape index (κ1) is 15.7. The minimum atomic E-state index is -0.833. The highest BCUT2D eigenvalue weighted by Gasteiger charge is 2.23. The van der Waals surface area contributed by atoms with E-state index in [-0.39, 0.29) is 18.6 Å². The van der Waals surface area contributed by atoms with E-state index < -0.39 is 5.97 Å². The van der Waals surface area contributed by atoms with Crippen LogP contribution in [0, 0.1) is 6.92 Å². The van der Waals surface area contributed by atoms with Crippen molar-refractivity contribution in [2.45, 2.75) is 19.9 Å². The van der Waals surface area contributed by atoms with Gasteiger partial charge in [0.05, 0.1) is 12.6 Å². The molecule has 1 aromatic heterocycles. The molecule has 0 spiro atoms. The molecule has 0 aromatic carbocycles. The number of aliphatic carboxylic acids is 1. The molecule has 7 nitrogen and oxygen atoms in total. The van der Waals surface area contributed by atoms with Gasteiger partial charge in [0.1, 0.15) is 5.01 Å². The molecule has 1 atom stereocenters. The lowest BCUT2D eigenvalue weighted by Crippen LogP contribution is -2.52. The van der Waals surface area contributed by atoms with Crippen molar-refractivity contribution in [3.05, 3.63) is 16.1 Å². The van der Waals surface area contributed by atoms with Crippen LogP contribution in [0.1, 0.15) is 22.9 Å². The van der Waals surface area contributed by atoms with Gasteiger partial charge >= 0.3 is 12.0 Å². The molecule has 116 valence electrons. The van der Waals surface area contributed by atoms with Crippen molar-refractivity contribution in [3.8, 4) is 0 Å². The molecule has 1 unspecified atom stereocenters. The quantitative estimate of drug-likeness (QED) is 0.863. The molecule has 1 saturated heterocycles. The molecule has 2 amide bonds. The number of nitrogens with one attached hydrogen (secondary N) is 1. The van der Waals surface area contributed by atoms with E-state index in [4.69, 9.17) is 5.11 Å². The van der Waals surface area contributed by atoms with Crippen LogP contribution in [-0.2, 0) is 4.79 Å². The number of rotatable bonds is 4. The fraction of sp³-hybridized carbons (Fsp3) is 0.615. The molecule has 2 N–H and O–H groups in total. The van der Waals surface area contributed by atoms with Crippen molar-refractivity contribution in [2.75, 3.05) is 32.7 Å². The van der Waals surface area contributed by atoms with Crippen molar-refractivity contribution < 1.29 is 14.7 Å². The van der Waals surface area contributed by atoms with E-state index in [9.17, 15) is 9.59 Å². The van der Waals surface area contributed by atoms with Gasteiger partial charge in [-0.15, -0.1) is 11.3 Å². The summed E-state index contributed by atoms with van der Waals surface area (Å²) in [5.41, 5.74) is 0. The molecule has 0 bridgehead atoms. The van der Waals surface area contributed by atoms with Crippen LogP contribution >= 0.6 is 11.3 Å². The third-order valence-corrected chi connectivity index (χ3v) is 4.46. The second-order valence-corrected chi connectivity index (χ2v) is 6.40. The maximum absolute atomic E-state index is 12.2. The maximum Gasteiger partial charge on any atom is 0.318 e. The van der Waals surface area contributed by atoms with E-state index in [1.165, 1.54) is 0 Å². The van der Waals surface area contributed by atoms with Gasteiger partial charge in [0.25, 0.3) is 0 Å². The zero-order valence-electron chi connectivity index (χ0n) is 12.2. The summed E-state index contributed by atoms with van der Waals surface area (Å²) in [4.78, 5) is 31.8. The Morgan fingerprint density at radius 3 is 2.62 bits per heavy atom. The molecule has 8 heteroatoms. The Hall–Kier alpha value is -1.67. The molecule has 21 heavy (non-hydrogen) atoms. The van der Waals surface area contributed by atoms with Crippen molar-refractivity contribution >= 4 is 23.3 Å². The fourth-order valence-electron chi connectivity index (χ4n) is 2.21. The van der Waals surface area contributed by atoms with Crippen molar-refractivity contribution in [1.29, 1.82) is 0 Å². The number of hydrogen-bond acceptors (Lipinski definition) is 5. The molecule has 0 radical (unpaired) electrons. The van der Waals surface area contributed by atoms with Gasteiger partial charge in [-0.1, -0.05) is 0 Å². The summed E-state index contributed by atoms with van der Waals surface area (Å²) < 4.78 is 0. The van der Waals surface area contributed by atoms with Crippen LogP contribution in [0.5, 0.6) is 0 Å². The average molecular weight is 312 g/mol. The highest BCUT2D eigenvalue weighted by atomic mass is 32.1.